The van der Waals surface area contributed by atoms with E-state index in [1.54, 1.807) is 16.7 Å². The highest BCUT2D eigenvalue weighted by Crippen LogP contribution is 2.29. The first-order chi connectivity index (χ1) is 10.9. The smallest absolute Gasteiger partial charge is 0.177 e. The third-order valence-electron chi connectivity index (χ3n) is 3.22. The standard InChI is InChI=1S/C15H11ClFN3O2S/c1-23(21,22)12-5-6-13(18-8-12)20-9-19-15(16)14(20)10-3-2-4-11(17)7-10/h2-9H,1H3. The molecule has 0 fully saturated rings. The van der Waals surface area contributed by atoms with Crippen molar-refractivity contribution in [3.63, 3.8) is 0 Å². The first-order valence-corrected chi connectivity index (χ1v) is 8.78. The topological polar surface area (TPSA) is 64.8 Å². The number of nitrogens with zero attached hydrogens (tertiary/aromatic N) is 3. The van der Waals surface area contributed by atoms with Crippen LogP contribution in [0.4, 0.5) is 4.39 Å². The predicted octanol–water partition coefficient (Wildman–Crippen LogP) is 3.13. The van der Waals surface area contributed by atoms with Gasteiger partial charge in [-0.25, -0.2) is 22.8 Å². The molecule has 8 heteroatoms. The van der Waals surface area contributed by atoms with E-state index >= 15 is 0 Å². The van der Waals surface area contributed by atoms with Crippen LogP contribution in [0.5, 0.6) is 0 Å². The van der Waals surface area contributed by atoms with Gasteiger partial charge in [-0.1, -0.05) is 23.7 Å². The molecular weight excluding hydrogens is 341 g/mol. The summed E-state index contributed by atoms with van der Waals surface area (Å²) in [5, 5.41) is 0.199. The Labute approximate surface area is 137 Å². The molecule has 0 N–H and O–H groups in total. The van der Waals surface area contributed by atoms with Crippen LogP contribution >= 0.6 is 11.6 Å². The van der Waals surface area contributed by atoms with E-state index in [4.69, 9.17) is 11.6 Å². The molecule has 0 saturated heterocycles. The normalized spacial score (nSPS) is 11.6. The van der Waals surface area contributed by atoms with Crippen LogP contribution in [-0.2, 0) is 9.84 Å². The highest BCUT2D eigenvalue weighted by Gasteiger charge is 2.15. The van der Waals surface area contributed by atoms with E-state index in [1.807, 2.05) is 0 Å². The lowest BCUT2D eigenvalue weighted by Crippen LogP contribution is -2.02. The molecule has 3 rings (SSSR count). The Balaban J connectivity index is 2.12. The van der Waals surface area contributed by atoms with E-state index in [-0.39, 0.29) is 10.0 Å². The van der Waals surface area contributed by atoms with Gasteiger partial charge in [0.05, 0.1) is 10.6 Å². The van der Waals surface area contributed by atoms with Gasteiger partial charge in [-0.2, -0.15) is 0 Å². The molecule has 5 nitrogen and oxygen atoms in total. The third kappa shape index (κ3) is 3.11. The zero-order chi connectivity index (χ0) is 16.6. The molecule has 0 aliphatic rings. The van der Waals surface area contributed by atoms with Gasteiger partial charge in [0.2, 0.25) is 0 Å². The minimum atomic E-state index is -3.33. The molecule has 0 aliphatic carbocycles. The average Bonchev–Trinajstić information content (AvgIpc) is 2.88. The summed E-state index contributed by atoms with van der Waals surface area (Å²) in [6, 6.07) is 8.92. The van der Waals surface area contributed by atoms with Crippen molar-refractivity contribution >= 4 is 21.4 Å². The van der Waals surface area contributed by atoms with Gasteiger partial charge >= 0.3 is 0 Å². The minimum Gasteiger partial charge on any atom is -0.281 e. The molecule has 118 valence electrons. The van der Waals surface area contributed by atoms with Crippen LogP contribution in [0.1, 0.15) is 0 Å². The maximum atomic E-state index is 13.5. The molecule has 23 heavy (non-hydrogen) atoms. The number of hydrogen-bond acceptors (Lipinski definition) is 4. The SMILES string of the molecule is CS(=O)(=O)c1ccc(-n2cnc(Cl)c2-c2cccc(F)c2)nc1. The number of halogens is 2. The fourth-order valence-electron chi connectivity index (χ4n) is 2.13. The highest BCUT2D eigenvalue weighted by molar-refractivity contribution is 7.90. The van der Waals surface area contributed by atoms with Crippen molar-refractivity contribution in [2.24, 2.45) is 0 Å². The highest BCUT2D eigenvalue weighted by atomic mass is 35.5. The fraction of sp³-hybridized carbons (Fsp3) is 0.0667. The molecule has 2 heterocycles. The van der Waals surface area contributed by atoms with Crippen molar-refractivity contribution in [1.29, 1.82) is 0 Å². The predicted molar refractivity (Wildman–Crippen MR) is 84.9 cm³/mol. The van der Waals surface area contributed by atoms with Gasteiger partial charge in [0.25, 0.3) is 0 Å². The first kappa shape index (κ1) is 15.6. The quantitative estimate of drug-likeness (QED) is 0.727. The van der Waals surface area contributed by atoms with Crippen LogP contribution in [0.15, 0.2) is 53.8 Å². The molecule has 0 saturated carbocycles. The number of hydrogen-bond donors (Lipinski definition) is 0. The summed E-state index contributed by atoms with van der Waals surface area (Å²) in [6.07, 6.45) is 3.81. The Morgan fingerprint density at radius 2 is 1.96 bits per heavy atom. The second-order valence-electron chi connectivity index (χ2n) is 4.89. The fourth-order valence-corrected chi connectivity index (χ4v) is 2.93. The van der Waals surface area contributed by atoms with Crippen LogP contribution in [0.2, 0.25) is 5.15 Å². The lowest BCUT2D eigenvalue weighted by Gasteiger charge is -2.08. The van der Waals surface area contributed by atoms with Gasteiger partial charge in [0.1, 0.15) is 18.0 Å². The maximum absolute atomic E-state index is 13.5. The molecule has 1 aromatic carbocycles. The summed E-state index contributed by atoms with van der Waals surface area (Å²) in [5.41, 5.74) is 1.02. The van der Waals surface area contributed by atoms with E-state index < -0.39 is 15.7 Å². The Kier molecular flexibility index (Phi) is 3.91. The van der Waals surface area contributed by atoms with Crippen molar-refractivity contribution in [1.82, 2.24) is 14.5 Å². The number of aromatic nitrogens is 3. The van der Waals surface area contributed by atoms with E-state index in [1.165, 1.54) is 36.8 Å². The van der Waals surface area contributed by atoms with E-state index in [0.29, 0.717) is 17.1 Å². The Morgan fingerprint density at radius 1 is 1.17 bits per heavy atom. The van der Waals surface area contributed by atoms with Gasteiger partial charge in [0.15, 0.2) is 15.0 Å². The zero-order valence-corrected chi connectivity index (χ0v) is 13.5. The molecular formula is C15H11ClFN3O2S. The number of sulfone groups is 1. The second-order valence-corrected chi connectivity index (χ2v) is 7.26. The Morgan fingerprint density at radius 3 is 2.57 bits per heavy atom. The van der Waals surface area contributed by atoms with Gasteiger partial charge < -0.3 is 0 Å². The molecule has 2 aromatic heterocycles. The monoisotopic (exact) mass is 351 g/mol. The Hall–Kier alpha value is -2.25. The van der Waals surface area contributed by atoms with Crippen LogP contribution in [0, 0.1) is 5.82 Å². The molecule has 0 spiro atoms. The van der Waals surface area contributed by atoms with Crippen LogP contribution < -0.4 is 0 Å². The summed E-state index contributed by atoms with van der Waals surface area (Å²) in [6.45, 7) is 0. The van der Waals surface area contributed by atoms with Crippen molar-refractivity contribution in [2.45, 2.75) is 4.90 Å². The van der Waals surface area contributed by atoms with Crippen molar-refractivity contribution in [3.8, 4) is 17.1 Å². The summed E-state index contributed by atoms with van der Waals surface area (Å²) < 4.78 is 38.0. The molecule has 0 bridgehead atoms. The molecule has 0 atom stereocenters. The molecule has 0 aliphatic heterocycles. The lowest BCUT2D eigenvalue weighted by atomic mass is 10.1. The third-order valence-corrected chi connectivity index (χ3v) is 4.59. The molecule has 0 radical (unpaired) electrons. The van der Waals surface area contributed by atoms with Crippen LogP contribution in [0.3, 0.4) is 0 Å². The summed E-state index contributed by atoms with van der Waals surface area (Å²) in [4.78, 5) is 8.26. The zero-order valence-electron chi connectivity index (χ0n) is 11.9. The largest absolute Gasteiger partial charge is 0.281 e. The summed E-state index contributed by atoms with van der Waals surface area (Å²) in [5.74, 6) is 0.0303. The number of benzene rings is 1. The Bertz CT molecular complexity index is 969. The van der Waals surface area contributed by atoms with Crippen LogP contribution in [-0.4, -0.2) is 29.2 Å². The molecule has 0 amide bonds. The first-order valence-electron chi connectivity index (χ1n) is 6.51. The second kappa shape index (κ2) is 5.75. The van der Waals surface area contributed by atoms with Gasteiger partial charge in [-0.05, 0) is 24.3 Å². The van der Waals surface area contributed by atoms with E-state index in [0.717, 1.165) is 6.26 Å². The number of imidazole rings is 1. The minimum absolute atomic E-state index is 0.111. The maximum Gasteiger partial charge on any atom is 0.177 e. The van der Waals surface area contributed by atoms with E-state index in [2.05, 4.69) is 9.97 Å². The summed E-state index contributed by atoms with van der Waals surface area (Å²) in [7, 11) is -3.33. The number of pyridine rings is 1. The van der Waals surface area contributed by atoms with Gasteiger partial charge in [0, 0.05) is 18.0 Å². The lowest BCUT2D eigenvalue weighted by molar-refractivity contribution is 0.601. The summed E-state index contributed by atoms with van der Waals surface area (Å²) >= 11 is 6.11. The van der Waals surface area contributed by atoms with Gasteiger partial charge in [-0.3, -0.25) is 4.57 Å². The number of rotatable bonds is 3. The molecule has 0 unspecified atom stereocenters. The average molecular weight is 352 g/mol. The van der Waals surface area contributed by atoms with Crippen molar-refractivity contribution in [3.05, 3.63) is 59.9 Å². The van der Waals surface area contributed by atoms with Crippen molar-refractivity contribution < 1.29 is 12.8 Å². The molecule has 3 aromatic rings. The van der Waals surface area contributed by atoms with Gasteiger partial charge in [-0.15, -0.1) is 0 Å². The van der Waals surface area contributed by atoms with Crippen molar-refractivity contribution in [2.75, 3.05) is 6.26 Å². The van der Waals surface area contributed by atoms with E-state index in [9.17, 15) is 12.8 Å². The van der Waals surface area contributed by atoms with Crippen LogP contribution in [0.25, 0.3) is 17.1 Å².